The van der Waals surface area contributed by atoms with Gasteiger partial charge in [0, 0.05) is 64.9 Å². The molecule has 1 aliphatic rings. The molecule has 0 saturated carbocycles. The van der Waals surface area contributed by atoms with E-state index in [9.17, 15) is 24.0 Å². The Kier molecular flexibility index (Phi) is 18.8. The third-order valence-electron chi connectivity index (χ3n) is 7.11. The van der Waals surface area contributed by atoms with Crippen LogP contribution in [-0.4, -0.2) is 155 Å². The molecule has 40 heavy (non-hydrogen) atoms. The molecule has 0 aliphatic carbocycles. The van der Waals surface area contributed by atoms with Crippen LogP contribution in [0.1, 0.15) is 33.1 Å². The highest BCUT2D eigenvalue weighted by molar-refractivity contribution is 5.78. The van der Waals surface area contributed by atoms with Gasteiger partial charge < -0.3 is 24.9 Å². The van der Waals surface area contributed by atoms with Gasteiger partial charge in [-0.2, -0.15) is 0 Å². The first-order valence-electron chi connectivity index (χ1n) is 14.1. The summed E-state index contributed by atoms with van der Waals surface area (Å²) in [7, 11) is 2.71. The van der Waals surface area contributed by atoms with E-state index >= 15 is 0 Å². The van der Waals surface area contributed by atoms with E-state index < -0.39 is 0 Å². The van der Waals surface area contributed by atoms with Crippen molar-refractivity contribution in [1.29, 1.82) is 0 Å². The van der Waals surface area contributed by atoms with Crippen molar-refractivity contribution in [2.24, 2.45) is 5.92 Å². The summed E-state index contributed by atoms with van der Waals surface area (Å²) in [6, 6.07) is 0.0200. The predicted molar refractivity (Wildman–Crippen MR) is 151 cm³/mol. The van der Waals surface area contributed by atoms with Crippen LogP contribution in [0.2, 0.25) is 0 Å². The van der Waals surface area contributed by atoms with Crippen molar-refractivity contribution >= 4 is 30.5 Å². The van der Waals surface area contributed by atoms with Gasteiger partial charge in [0.25, 0.3) is 0 Å². The largest absolute Gasteiger partial charge is 0.468 e. The minimum Gasteiger partial charge on any atom is -0.468 e. The molecule has 0 bridgehead atoms. The topological polar surface area (TPSA) is 141 Å². The van der Waals surface area contributed by atoms with E-state index in [1.807, 2.05) is 19.6 Å². The van der Waals surface area contributed by atoms with Crippen LogP contribution in [0.3, 0.4) is 0 Å². The van der Waals surface area contributed by atoms with Crippen LogP contribution < -0.4 is 10.6 Å². The minimum atomic E-state index is -0.342. The van der Waals surface area contributed by atoms with Crippen molar-refractivity contribution in [2.75, 3.05) is 99.3 Å². The molecule has 1 heterocycles. The zero-order valence-corrected chi connectivity index (χ0v) is 24.8. The number of carbonyl (C=O) groups excluding carboxylic acids is 5. The van der Waals surface area contributed by atoms with E-state index in [4.69, 9.17) is 9.47 Å². The number of hydrogen-bond donors (Lipinski definition) is 2. The number of rotatable bonds is 16. The van der Waals surface area contributed by atoms with Crippen molar-refractivity contribution in [1.82, 2.24) is 30.2 Å². The summed E-state index contributed by atoms with van der Waals surface area (Å²) in [5, 5.41) is 5.84. The van der Waals surface area contributed by atoms with E-state index in [-0.39, 0.29) is 56.0 Å². The first-order chi connectivity index (χ1) is 19.2. The summed E-state index contributed by atoms with van der Waals surface area (Å²) in [5.41, 5.74) is 0. The number of hydrogen-bond acceptors (Lipinski definition) is 11. The number of carbonyl (C=O) groups is 5. The Morgan fingerprint density at radius 2 is 1.23 bits per heavy atom. The molecule has 2 amide bonds. The average molecular weight is 571 g/mol. The second-order valence-corrected chi connectivity index (χ2v) is 10.4. The summed E-state index contributed by atoms with van der Waals surface area (Å²) in [6.07, 6.45) is 4.11. The Hall–Kier alpha value is -2.61. The van der Waals surface area contributed by atoms with E-state index in [1.54, 1.807) is 0 Å². The molecule has 0 spiro atoms. The third kappa shape index (κ3) is 15.8. The van der Waals surface area contributed by atoms with E-state index in [0.717, 1.165) is 25.5 Å². The molecule has 1 saturated heterocycles. The molecule has 13 nitrogen and oxygen atoms in total. The van der Waals surface area contributed by atoms with Gasteiger partial charge in [0.05, 0.1) is 40.4 Å². The number of methoxy groups -OCH3 is 2. The first-order valence-corrected chi connectivity index (χ1v) is 14.1. The standard InChI is InChI=1S/C27H50N6O7/c1-23(2)24(7-5-6-8-28-22-35)29-25(36)19-31-13-15-32(20-26(37)39-3)11-9-30(17-18-34)10-12-33(16-14-31)21-27(38)40-4/h18,22-24H,5-17,19-21H2,1-4H3,(H,28,35)(H,29,36). The highest BCUT2D eigenvalue weighted by Gasteiger charge is 2.22. The number of amides is 2. The molecule has 1 fully saturated rings. The summed E-state index contributed by atoms with van der Waals surface area (Å²) < 4.78 is 9.75. The zero-order valence-electron chi connectivity index (χ0n) is 24.8. The second kappa shape index (κ2) is 21.2. The summed E-state index contributed by atoms with van der Waals surface area (Å²) >= 11 is 0. The highest BCUT2D eigenvalue weighted by Crippen LogP contribution is 2.10. The van der Waals surface area contributed by atoms with Crippen LogP contribution in [0.5, 0.6) is 0 Å². The van der Waals surface area contributed by atoms with Crippen molar-refractivity contribution in [3.63, 3.8) is 0 Å². The fraction of sp³-hybridized carbons (Fsp3) is 0.815. The molecule has 1 unspecified atom stereocenters. The van der Waals surface area contributed by atoms with Gasteiger partial charge in [0.15, 0.2) is 0 Å². The number of esters is 2. The van der Waals surface area contributed by atoms with Crippen LogP contribution in [-0.2, 0) is 33.4 Å². The van der Waals surface area contributed by atoms with Crippen LogP contribution in [0.4, 0.5) is 0 Å². The first kappa shape index (κ1) is 35.4. The minimum absolute atomic E-state index is 0.0200. The van der Waals surface area contributed by atoms with Gasteiger partial charge in [-0.25, -0.2) is 0 Å². The maximum atomic E-state index is 13.1. The lowest BCUT2D eigenvalue weighted by Gasteiger charge is -2.33. The Morgan fingerprint density at radius 1 is 0.750 bits per heavy atom. The van der Waals surface area contributed by atoms with Gasteiger partial charge in [-0.3, -0.25) is 38.8 Å². The quantitative estimate of drug-likeness (QED) is 0.131. The Morgan fingerprint density at radius 3 is 1.65 bits per heavy atom. The third-order valence-corrected chi connectivity index (χ3v) is 7.11. The molecule has 2 N–H and O–H groups in total. The van der Waals surface area contributed by atoms with Crippen LogP contribution >= 0.6 is 0 Å². The maximum Gasteiger partial charge on any atom is 0.319 e. The summed E-state index contributed by atoms with van der Waals surface area (Å²) in [5.74, 6) is -0.501. The van der Waals surface area contributed by atoms with Gasteiger partial charge in [0.1, 0.15) is 6.29 Å². The fourth-order valence-electron chi connectivity index (χ4n) is 4.51. The van der Waals surface area contributed by atoms with Crippen LogP contribution in [0.25, 0.3) is 0 Å². The van der Waals surface area contributed by atoms with Crippen LogP contribution in [0.15, 0.2) is 0 Å². The molecular weight excluding hydrogens is 520 g/mol. The Labute approximate surface area is 238 Å². The van der Waals surface area contributed by atoms with Crippen molar-refractivity contribution < 1.29 is 33.4 Å². The number of nitrogens with one attached hydrogen (secondary N) is 2. The molecule has 230 valence electrons. The summed E-state index contributed by atoms with van der Waals surface area (Å²) in [4.78, 5) is 66.9. The lowest BCUT2D eigenvalue weighted by molar-refractivity contribution is -0.142. The maximum absolute atomic E-state index is 13.1. The number of unbranched alkanes of at least 4 members (excludes halogenated alkanes) is 1. The normalized spacial score (nSPS) is 17.7. The monoisotopic (exact) mass is 570 g/mol. The summed E-state index contributed by atoms with van der Waals surface area (Å²) in [6.45, 7) is 9.83. The van der Waals surface area contributed by atoms with Crippen LogP contribution in [0, 0.1) is 5.92 Å². The van der Waals surface area contributed by atoms with Crippen molar-refractivity contribution in [3.05, 3.63) is 0 Å². The van der Waals surface area contributed by atoms with Crippen molar-refractivity contribution in [3.8, 4) is 0 Å². The lowest BCUT2D eigenvalue weighted by atomic mass is 9.98. The number of ether oxygens (including phenoxy) is 2. The molecular formula is C27H50N6O7. The van der Waals surface area contributed by atoms with E-state index in [2.05, 4.69) is 24.5 Å². The van der Waals surface area contributed by atoms with Gasteiger partial charge in [-0.15, -0.1) is 0 Å². The smallest absolute Gasteiger partial charge is 0.319 e. The average Bonchev–Trinajstić information content (AvgIpc) is 2.93. The SMILES string of the molecule is COC(=O)CN1CCN(CC=O)CCN(CC(=O)OC)CCN(CC(=O)NC(CCCCNC=O)C(C)C)CC1. The Balaban J connectivity index is 2.94. The zero-order chi connectivity index (χ0) is 29.8. The highest BCUT2D eigenvalue weighted by atomic mass is 16.5. The molecule has 0 aromatic carbocycles. The predicted octanol–water partition coefficient (Wildman–Crippen LogP) is -1.19. The molecule has 0 radical (unpaired) electrons. The van der Waals surface area contributed by atoms with Gasteiger partial charge in [0.2, 0.25) is 12.3 Å². The van der Waals surface area contributed by atoms with Crippen molar-refractivity contribution in [2.45, 2.75) is 39.2 Å². The lowest BCUT2D eigenvalue weighted by Crippen LogP contribution is -2.50. The molecule has 1 atom stereocenters. The molecule has 0 aromatic rings. The molecule has 1 rings (SSSR count). The van der Waals surface area contributed by atoms with E-state index in [1.165, 1.54) is 14.2 Å². The van der Waals surface area contributed by atoms with E-state index in [0.29, 0.717) is 65.3 Å². The van der Waals surface area contributed by atoms with Gasteiger partial charge in [-0.05, 0) is 25.2 Å². The van der Waals surface area contributed by atoms with Gasteiger partial charge >= 0.3 is 11.9 Å². The number of aldehydes is 1. The fourth-order valence-corrected chi connectivity index (χ4v) is 4.51. The molecule has 13 heteroatoms. The molecule has 0 aromatic heterocycles. The Bertz CT molecular complexity index is 736. The molecule has 1 aliphatic heterocycles. The second-order valence-electron chi connectivity index (χ2n) is 10.4. The van der Waals surface area contributed by atoms with Gasteiger partial charge in [-0.1, -0.05) is 13.8 Å². The number of nitrogens with zero attached hydrogens (tertiary/aromatic N) is 4.